The Labute approximate surface area is 97.7 Å². The SMILES string of the molecule is Cn1cc(C(C)(C)O)c2cccc(Br)c21. The molecule has 1 heterocycles. The Hall–Kier alpha value is -0.800. The third kappa shape index (κ3) is 1.70. The maximum Gasteiger partial charge on any atom is 0.0861 e. The van der Waals surface area contributed by atoms with E-state index in [9.17, 15) is 5.11 Å². The van der Waals surface area contributed by atoms with Crippen molar-refractivity contribution in [2.24, 2.45) is 7.05 Å². The summed E-state index contributed by atoms with van der Waals surface area (Å²) in [4.78, 5) is 0. The summed E-state index contributed by atoms with van der Waals surface area (Å²) in [6.45, 7) is 3.62. The summed E-state index contributed by atoms with van der Waals surface area (Å²) in [5.74, 6) is 0. The highest BCUT2D eigenvalue weighted by Crippen LogP contribution is 2.33. The Bertz CT molecular complexity index is 508. The lowest BCUT2D eigenvalue weighted by atomic mass is 9.98. The second-order valence-corrected chi connectivity index (χ2v) is 5.20. The highest BCUT2D eigenvalue weighted by atomic mass is 79.9. The number of nitrogens with zero attached hydrogens (tertiary/aromatic N) is 1. The molecule has 1 aromatic carbocycles. The average molecular weight is 268 g/mol. The molecule has 0 amide bonds. The first-order chi connectivity index (χ1) is 6.91. The Morgan fingerprint density at radius 1 is 1.33 bits per heavy atom. The quantitative estimate of drug-likeness (QED) is 0.844. The number of hydrogen-bond acceptors (Lipinski definition) is 1. The summed E-state index contributed by atoms with van der Waals surface area (Å²) in [6.07, 6.45) is 1.98. The van der Waals surface area contributed by atoms with Crippen LogP contribution < -0.4 is 0 Å². The predicted octanol–water partition coefficient (Wildman–Crippen LogP) is 3.17. The summed E-state index contributed by atoms with van der Waals surface area (Å²) in [6, 6.07) is 6.03. The van der Waals surface area contributed by atoms with Crippen LogP contribution in [0.4, 0.5) is 0 Å². The van der Waals surface area contributed by atoms with Crippen LogP contribution in [0.15, 0.2) is 28.9 Å². The molecule has 80 valence electrons. The Balaban J connectivity index is 2.85. The first kappa shape index (κ1) is 10.7. The van der Waals surface area contributed by atoms with E-state index in [0.717, 1.165) is 20.9 Å². The van der Waals surface area contributed by atoms with Gasteiger partial charge in [-0.2, -0.15) is 0 Å². The first-order valence-electron chi connectivity index (χ1n) is 4.87. The number of halogens is 1. The van der Waals surface area contributed by atoms with Crippen LogP contribution in [-0.4, -0.2) is 9.67 Å². The molecule has 0 fully saturated rings. The van der Waals surface area contributed by atoms with E-state index in [2.05, 4.69) is 15.9 Å². The van der Waals surface area contributed by atoms with Gasteiger partial charge in [-0.1, -0.05) is 12.1 Å². The second kappa shape index (κ2) is 3.35. The van der Waals surface area contributed by atoms with Gasteiger partial charge in [0.1, 0.15) is 0 Å². The molecule has 0 spiro atoms. The summed E-state index contributed by atoms with van der Waals surface area (Å²) in [7, 11) is 1.99. The molecule has 15 heavy (non-hydrogen) atoms. The highest BCUT2D eigenvalue weighted by molar-refractivity contribution is 9.10. The molecule has 0 saturated carbocycles. The molecule has 2 aromatic rings. The molecular formula is C12H14BrNO. The van der Waals surface area contributed by atoms with Crippen LogP contribution in [0.3, 0.4) is 0 Å². The topological polar surface area (TPSA) is 25.2 Å². The summed E-state index contributed by atoms with van der Waals surface area (Å²) < 4.78 is 3.09. The van der Waals surface area contributed by atoms with Crippen molar-refractivity contribution in [1.29, 1.82) is 0 Å². The maximum absolute atomic E-state index is 10.1. The zero-order chi connectivity index (χ0) is 11.2. The summed E-state index contributed by atoms with van der Waals surface area (Å²) in [5.41, 5.74) is 1.27. The van der Waals surface area contributed by atoms with Crippen LogP contribution in [-0.2, 0) is 12.6 Å². The van der Waals surface area contributed by atoms with Crippen LogP contribution in [0, 0.1) is 0 Å². The molecule has 1 aromatic heterocycles. The second-order valence-electron chi connectivity index (χ2n) is 4.35. The van der Waals surface area contributed by atoms with Gasteiger partial charge in [0.15, 0.2) is 0 Å². The number of rotatable bonds is 1. The van der Waals surface area contributed by atoms with E-state index in [0.29, 0.717) is 0 Å². The van der Waals surface area contributed by atoms with Crippen molar-refractivity contribution >= 4 is 26.8 Å². The monoisotopic (exact) mass is 267 g/mol. The number of hydrogen-bond donors (Lipinski definition) is 1. The molecule has 3 heteroatoms. The lowest BCUT2D eigenvalue weighted by Crippen LogP contribution is -2.14. The van der Waals surface area contributed by atoms with Crippen molar-refractivity contribution in [2.45, 2.75) is 19.4 Å². The van der Waals surface area contributed by atoms with Crippen LogP contribution in [0.1, 0.15) is 19.4 Å². The lowest BCUT2D eigenvalue weighted by molar-refractivity contribution is 0.0800. The Morgan fingerprint density at radius 2 is 2.00 bits per heavy atom. The third-order valence-corrected chi connectivity index (χ3v) is 3.25. The number of aliphatic hydroxyl groups is 1. The Kier molecular flexibility index (Phi) is 2.40. The number of para-hydroxylation sites is 1. The minimum absolute atomic E-state index is 0.805. The minimum Gasteiger partial charge on any atom is -0.386 e. The maximum atomic E-state index is 10.1. The van der Waals surface area contributed by atoms with Gasteiger partial charge in [0, 0.05) is 28.7 Å². The van der Waals surface area contributed by atoms with Gasteiger partial charge in [0.05, 0.1) is 11.1 Å². The molecule has 0 aliphatic heterocycles. The molecular weight excluding hydrogens is 254 g/mol. The zero-order valence-corrected chi connectivity index (χ0v) is 10.7. The third-order valence-electron chi connectivity index (χ3n) is 2.61. The molecule has 0 saturated heterocycles. The normalized spacial score (nSPS) is 12.3. The first-order valence-corrected chi connectivity index (χ1v) is 5.67. The average Bonchev–Trinajstić information content (AvgIpc) is 2.44. The van der Waals surface area contributed by atoms with Gasteiger partial charge in [-0.3, -0.25) is 0 Å². The van der Waals surface area contributed by atoms with E-state index in [1.165, 1.54) is 0 Å². The number of aromatic nitrogens is 1. The van der Waals surface area contributed by atoms with Gasteiger partial charge < -0.3 is 9.67 Å². The Morgan fingerprint density at radius 3 is 2.60 bits per heavy atom. The van der Waals surface area contributed by atoms with E-state index in [1.807, 2.05) is 49.9 Å². The number of aryl methyl sites for hydroxylation is 1. The van der Waals surface area contributed by atoms with Crippen molar-refractivity contribution in [3.63, 3.8) is 0 Å². The van der Waals surface area contributed by atoms with E-state index < -0.39 is 5.60 Å². The number of benzene rings is 1. The van der Waals surface area contributed by atoms with E-state index in [1.54, 1.807) is 0 Å². The fourth-order valence-electron chi connectivity index (χ4n) is 1.91. The molecule has 2 rings (SSSR count). The minimum atomic E-state index is -0.805. The van der Waals surface area contributed by atoms with Gasteiger partial charge in [0.25, 0.3) is 0 Å². The standard InChI is InChI=1S/C12H14BrNO/c1-12(2,15)9-7-14(3)11-8(9)5-4-6-10(11)13/h4-7,15H,1-3H3. The van der Waals surface area contributed by atoms with Crippen LogP contribution in [0.25, 0.3) is 10.9 Å². The van der Waals surface area contributed by atoms with Gasteiger partial charge in [0.2, 0.25) is 0 Å². The van der Waals surface area contributed by atoms with Crippen molar-refractivity contribution in [3.8, 4) is 0 Å². The van der Waals surface area contributed by atoms with Gasteiger partial charge in [-0.05, 0) is 35.8 Å². The summed E-state index contributed by atoms with van der Waals surface area (Å²) in [5, 5.41) is 11.2. The van der Waals surface area contributed by atoms with E-state index in [4.69, 9.17) is 0 Å². The summed E-state index contributed by atoms with van der Waals surface area (Å²) >= 11 is 3.53. The van der Waals surface area contributed by atoms with Crippen LogP contribution in [0.2, 0.25) is 0 Å². The molecule has 0 unspecified atom stereocenters. The van der Waals surface area contributed by atoms with Gasteiger partial charge in [-0.25, -0.2) is 0 Å². The van der Waals surface area contributed by atoms with Gasteiger partial charge in [-0.15, -0.1) is 0 Å². The zero-order valence-electron chi connectivity index (χ0n) is 9.08. The molecule has 0 atom stereocenters. The largest absolute Gasteiger partial charge is 0.386 e. The van der Waals surface area contributed by atoms with Crippen molar-refractivity contribution in [3.05, 3.63) is 34.4 Å². The molecule has 2 nitrogen and oxygen atoms in total. The van der Waals surface area contributed by atoms with Crippen molar-refractivity contribution in [2.75, 3.05) is 0 Å². The van der Waals surface area contributed by atoms with Crippen molar-refractivity contribution < 1.29 is 5.11 Å². The highest BCUT2D eigenvalue weighted by Gasteiger charge is 2.21. The van der Waals surface area contributed by atoms with Crippen LogP contribution >= 0.6 is 15.9 Å². The fourth-order valence-corrected chi connectivity index (χ4v) is 2.55. The van der Waals surface area contributed by atoms with E-state index >= 15 is 0 Å². The molecule has 0 aliphatic rings. The molecule has 0 radical (unpaired) electrons. The molecule has 0 bridgehead atoms. The molecule has 1 N–H and O–H groups in total. The fraction of sp³-hybridized carbons (Fsp3) is 0.333. The lowest BCUT2D eigenvalue weighted by Gasteiger charge is -2.16. The predicted molar refractivity (Wildman–Crippen MR) is 65.9 cm³/mol. The van der Waals surface area contributed by atoms with E-state index in [-0.39, 0.29) is 0 Å². The molecule has 0 aliphatic carbocycles. The smallest absolute Gasteiger partial charge is 0.0861 e. The van der Waals surface area contributed by atoms with Gasteiger partial charge >= 0.3 is 0 Å². The number of fused-ring (bicyclic) bond motifs is 1. The van der Waals surface area contributed by atoms with Crippen molar-refractivity contribution in [1.82, 2.24) is 4.57 Å². The van der Waals surface area contributed by atoms with Crippen LogP contribution in [0.5, 0.6) is 0 Å².